The van der Waals surface area contributed by atoms with Crippen LogP contribution in [0.5, 0.6) is 5.75 Å². The molecule has 1 aliphatic rings. The van der Waals surface area contributed by atoms with Gasteiger partial charge in [0.05, 0.1) is 0 Å². The lowest BCUT2D eigenvalue weighted by Gasteiger charge is -2.11. The first-order valence-corrected chi connectivity index (χ1v) is 5.95. The predicted molar refractivity (Wildman–Crippen MR) is 66.1 cm³/mol. The fourth-order valence-electron chi connectivity index (χ4n) is 1.96. The van der Waals surface area contributed by atoms with Crippen molar-refractivity contribution in [2.24, 2.45) is 0 Å². The topological polar surface area (TPSA) is 50.4 Å². The van der Waals surface area contributed by atoms with Crippen molar-refractivity contribution in [1.82, 2.24) is 10.6 Å². The van der Waals surface area contributed by atoms with Crippen molar-refractivity contribution in [3.8, 4) is 5.75 Å². The summed E-state index contributed by atoms with van der Waals surface area (Å²) in [6.07, 6.45) is 1.65. The Morgan fingerprint density at radius 3 is 3.06 bits per heavy atom. The van der Waals surface area contributed by atoms with E-state index in [-0.39, 0.29) is 12.0 Å². The number of fused-ring (bicyclic) bond motifs is 1. The molecule has 0 radical (unpaired) electrons. The molecule has 1 heterocycles. The van der Waals surface area contributed by atoms with Crippen LogP contribution in [0.1, 0.15) is 12.0 Å². The van der Waals surface area contributed by atoms with Crippen molar-refractivity contribution in [3.63, 3.8) is 0 Å². The third-order valence-electron chi connectivity index (χ3n) is 2.89. The van der Waals surface area contributed by atoms with Crippen molar-refractivity contribution in [1.29, 1.82) is 0 Å². The molecule has 1 aromatic carbocycles. The van der Waals surface area contributed by atoms with Crippen LogP contribution < -0.4 is 15.4 Å². The summed E-state index contributed by atoms with van der Waals surface area (Å²) in [4.78, 5) is 11.0. The number of hydrogen-bond acceptors (Lipinski definition) is 3. The highest BCUT2D eigenvalue weighted by molar-refractivity contribution is 5.75. The molecule has 2 N–H and O–H groups in total. The number of benzene rings is 1. The van der Waals surface area contributed by atoms with E-state index in [0.29, 0.717) is 13.0 Å². The quantitative estimate of drug-likeness (QED) is 0.738. The van der Waals surface area contributed by atoms with E-state index < -0.39 is 0 Å². The second-order valence-electron chi connectivity index (χ2n) is 4.18. The van der Waals surface area contributed by atoms with Gasteiger partial charge in [0.1, 0.15) is 11.9 Å². The molecule has 1 aromatic rings. The first-order chi connectivity index (χ1) is 8.29. The van der Waals surface area contributed by atoms with E-state index in [9.17, 15) is 4.79 Å². The van der Waals surface area contributed by atoms with Gasteiger partial charge in [0.15, 0.2) is 0 Å². The van der Waals surface area contributed by atoms with Crippen LogP contribution in [0.4, 0.5) is 0 Å². The number of amides is 1. The summed E-state index contributed by atoms with van der Waals surface area (Å²) in [6, 6.07) is 8.11. The number of para-hydroxylation sites is 1. The van der Waals surface area contributed by atoms with E-state index >= 15 is 0 Å². The van der Waals surface area contributed by atoms with Crippen LogP contribution >= 0.6 is 0 Å². The standard InChI is InChI=1S/C13H18N2O2/c1-14-13(16)6-7-15-9-11-8-10-4-2-3-5-12(10)17-11/h2-5,11,15H,6-9H2,1H3,(H,14,16). The number of carbonyl (C=O) groups excluding carboxylic acids is 1. The van der Waals surface area contributed by atoms with E-state index in [0.717, 1.165) is 18.7 Å². The van der Waals surface area contributed by atoms with Crippen molar-refractivity contribution in [2.75, 3.05) is 20.1 Å². The summed E-state index contributed by atoms with van der Waals surface area (Å²) in [5.74, 6) is 1.05. The summed E-state index contributed by atoms with van der Waals surface area (Å²) in [5.41, 5.74) is 1.27. The smallest absolute Gasteiger partial charge is 0.221 e. The van der Waals surface area contributed by atoms with Crippen molar-refractivity contribution >= 4 is 5.91 Å². The zero-order valence-corrected chi connectivity index (χ0v) is 10.0. The van der Waals surface area contributed by atoms with Gasteiger partial charge in [-0.1, -0.05) is 18.2 Å². The Morgan fingerprint density at radius 2 is 2.29 bits per heavy atom. The molecule has 1 amide bonds. The van der Waals surface area contributed by atoms with Crippen LogP contribution in [-0.2, 0) is 11.2 Å². The Bertz CT molecular complexity index is 368. The summed E-state index contributed by atoms with van der Waals surface area (Å²) < 4.78 is 5.78. The molecule has 17 heavy (non-hydrogen) atoms. The molecule has 0 aromatic heterocycles. The normalized spacial score (nSPS) is 17.4. The predicted octanol–water partition coefficient (Wildman–Crippen LogP) is 0.716. The van der Waals surface area contributed by atoms with Gasteiger partial charge in [-0.3, -0.25) is 4.79 Å². The van der Waals surface area contributed by atoms with Crippen LogP contribution in [0, 0.1) is 0 Å². The van der Waals surface area contributed by atoms with Crippen molar-refractivity contribution in [2.45, 2.75) is 18.9 Å². The third-order valence-corrected chi connectivity index (χ3v) is 2.89. The maximum atomic E-state index is 11.0. The van der Waals surface area contributed by atoms with Gasteiger partial charge in [0.25, 0.3) is 0 Å². The van der Waals surface area contributed by atoms with E-state index in [1.165, 1.54) is 5.56 Å². The Balaban J connectivity index is 1.68. The van der Waals surface area contributed by atoms with E-state index in [1.54, 1.807) is 7.05 Å². The van der Waals surface area contributed by atoms with E-state index in [4.69, 9.17) is 4.74 Å². The molecule has 2 rings (SSSR count). The van der Waals surface area contributed by atoms with E-state index in [1.807, 2.05) is 18.2 Å². The lowest BCUT2D eigenvalue weighted by molar-refractivity contribution is -0.120. The average Bonchev–Trinajstić information content (AvgIpc) is 2.76. The van der Waals surface area contributed by atoms with Crippen LogP contribution in [0.15, 0.2) is 24.3 Å². The summed E-state index contributed by atoms with van der Waals surface area (Å²) in [5, 5.41) is 5.84. The highest BCUT2D eigenvalue weighted by Gasteiger charge is 2.21. The molecule has 0 spiro atoms. The van der Waals surface area contributed by atoms with Crippen LogP contribution in [0.2, 0.25) is 0 Å². The average molecular weight is 234 g/mol. The monoisotopic (exact) mass is 234 g/mol. The molecule has 4 nitrogen and oxygen atoms in total. The minimum atomic E-state index is 0.0631. The lowest BCUT2D eigenvalue weighted by Crippen LogP contribution is -2.32. The van der Waals surface area contributed by atoms with Gasteiger partial charge < -0.3 is 15.4 Å². The molecule has 1 atom stereocenters. The molecule has 1 aliphatic heterocycles. The first kappa shape index (κ1) is 11.9. The fraction of sp³-hybridized carbons (Fsp3) is 0.462. The number of carbonyl (C=O) groups is 1. The Morgan fingerprint density at radius 1 is 1.47 bits per heavy atom. The first-order valence-electron chi connectivity index (χ1n) is 5.95. The van der Waals surface area contributed by atoms with E-state index in [2.05, 4.69) is 16.7 Å². The fourth-order valence-corrected chi connectivity index (χ4v) is 1.96. The molecule has 92 valence electrons. The second-order valence-corrected chi connectivity index (χ2v) is 4.18. The van der Waals surface area contributed by atoms with Gasteiger partial charge in [-0.25, -0.2) is 0 Å². The van der Waals surface area contributed by atoms with Gasteiger partial charge in [-0.2, -0.15) is 0 Å². The number of ether oxygens (including phenoxy) is 1. The Hall–Kier alpha value is -1.55. The lowest BCUT2D eigenvalue weighted by atomic mass is 10.1. The van der Waals surface area contributed by atoms with Crippen molar-refractivity contribution < 1.29 is 9.53 Å². The molecule has 0 saturated heterocycles. The van der Waals surface area contributed by atoms with Crippen LogP contribution in [-0.4, -0.2) is 32.1 Å². The Labute approximate surface area is 101 Å². The number of hydrogen-bond donors (Lipinski definition) is 2. The van der Waals surface area contributed by atoms with Gasteiger partial charge >= 0.3 is 0 Å². The third kappa shape index (κ3) is 3.20. The number of nitrogens with one attached hydrogen (secondary N) is 2. The molecule has 4 heteroatoms. The molecule has 1 unspecified atom stereocenters. The molecule has 0 saturated carbocycles. The van der Waals surface area contributed by atoms with Crippen molar-refractivity contribution in [3.05, 3.63) is 29.8 Å². The van der Waals surface area contributed by atoms with Gasteiger partial charge in [-0.05, 0) is 11.6 Å². The number of rotatable bonds is 5. The molecule has 0 aliphatic carbocycles. The molecule has 0 fully saturated rings. The summed E-state index contributed by atoms with van der Waals surface area (Å²) >= 11 is 0. The van der Waals surface area contributed by atoms with Gasteiger partial charge in [0.2, 0.25) is 5.91 Å². The Kier molecular flexibility index (Phi) is 3.98. The highest BCUT2D eigenvalue weighted by Crippen LogP contribution is 2.27. The maximum Gasteiger partial charge on any atom is 0.221 e. The minimum Gasteiger partial charge on any atom is -0.488 e. The zero-order chi connectivity index (χ0) is 12.1. The molecular formula is C13H18N2O2. The summed E-state index contributed by atoms with van der Waals surface area (Å²) in [7, 11) is 1.65. The van der Waals surface area contributed by atoms with Crippen LogP contribution in [0.3, 0.4) is 0 Å². The second kappa shape index (κ2) is 5.68. The summed E-state index contributed by atoms with van der Waals surface area (Å²) in [6.45, 7) is 1.47. The zero-order valence-electron chi connectivity index (χ0n) is 10.0. The maximum absolute atomic E-state index is 11.0. The molecule has 0 bridgehead atoms. The largest absolute Gasteiger partial charge is 0.488 e. The van der Waals surface area contributed by atoms with Gasteiger partial charge in [0, 0.05) is 33.0 Å². The minimum absolute atomic E-state index is 0.0631. The highest BCUT2D eigenvalue weighted by atomic mass is 16.5. The van der Waals surface area contributed by atoms with Gasteiger partial charge in [-0.15, -0.1) is 0 Å². The SMILES string of the molecule is CNC(=O)CCNCC1Cc2ccccc2O1. The molecular weight excluding hydrogens is 216 g/mol. The van der Waals surface area contributed by atoms with Crippen LogP contribution in [0.25, 0.3) is 0 Å².